The molecule has 182 valence electrons. The van der Waals surface area contributed by atoms with Gasteiger partial charge in [-0.2, -0.15) is 0 Å². The number of benzene rings is 2. The number of rotatable bonds is 6. The van der Waals surface area contributed by atoms with Crippen LogP contribution in [-0.4, -0.2) is 71.1 Å². The van der Waals surface area contributed by atoms with Crippen LogP contribution in [0.2, 0.25) is 10.0 Å². The first-order valence-electron chi connectivity index (χ1n) is 11.2. The van der Waals surface area contributed by atoms with Crippen LogP contribution in [0.1, 0.15) is 17.3 Å². The fraction of sp³-hybridized carbons (Fsp3) is 0.280. The number of halogens is 3. The molecule has 1 aromatic heterocycles. The van der Waals surface area contributed by atoms with Gasteiger partial charge in [0.05, 0.1) is 10.7 Å². The fourth-order valence-corrected chi connectivity index (χ4v) is 4.42. The maximum Gasteiger partial charge on any atom is 0.254 e. The first-order valence-corrected chi connectivity index (χ1v) is 12.0. The number of hydrogen-bond donors (Lipinski definition) is 0. The van der Waals surface area contributed by atoms with Crippen LogP contribution < -0.4 is 4.90 Å². The first-order chi connectivity index (χ1) is 16.9. The molecule has 1 fully saturated rings. The van der Waals surface area contributed by atoms with E-state index in [0.29, 0.717) is 54.3 Å². The summed E-state index contributed by atoms with van der Waals surface area (Å²) in [7, 11) is 0. The molecule has 2 aromatic carbocycles. The van der Waals surface area contributed by atoms with Crippen LogP contribution in [0.3, 0.4) is 0 Å². The van der Waals surface area contributed by atoms with Gasteiger partial charge >= 0.3 is 0 Å². The van der Waals surface area contributed by atoms with Crippen molar-refractivity contribution in [3.8, 4) is 11.3 Å². The Morgan fingerprint density at radius 2 is 1.77 bits per heavy atom. The average Bonchev–Trinajstić information content (AvgIpc) is 2.87. The second-order valence-electron chi connectivity index (χ2n) is 8.10. The normalized spacial score (nSPS) is 13.6. The van der Waals surface area contributed by atoms with E-state index in [0.717, 1.165) is 5.56 Å². The van der Waals surface area contributed by atoms with E-state index in [4.69, 9.17) is 23.2 Å². The van der Waals surface area contributed by atoms with Gasteiger partial charge in [-0.05, 0) is 55.5 Å². The van der Waals surface area contributed by atoms with Gasteiger partial charge in [-0.15, -0.1) is 10.2 Å². The highest BCUT2D eigenvalue weighted by Gasteiger charge is 2.25. The predicted octanol–water partition coefficient (Wildman–Crippen LogP) is 4.40. The lowest BCUT2D eigenvalue weighted by Gasteiger charge is -2.36. The predicted molar refractivity (Wildman–Crippen MR) is 134 cm³/mol. The third-order valence-electron chi connectivity index (χ3n) is 5.88. The molecule has 3 aromatic rings. The van der Waals surface area contributed by atoms with E-state index in [1.807, 2.05) is 12.1 Å². The molecular formula is C25H24Cl2FN5O2. The number of carbonyl (C=O) groups excluding carboxylic acids is 2. The molecule has 1 aliphatic heterocycles. The van der Waals surface area contributed by atoms with Gasteiger partial charge in [0.15, 0.2) is 5.82 Å². The SMILES string of the molecule is CCN(CC(=O)N1CCN(c2ccc(-c3ccc(Cl)cc3Cl)nn2)CC1)C(=O)c1cccc(F)c1. The van der Waals surface area contributed by atoms with E-state index >= 15 is 0 Å². The lowest BCUT2D eigenvalue weighted by Crippen LogP contribution is -2.52. The standard InChI is InChI=1S/C25H24Cl2FN5O2/c1-2-31(25(35)17-4-3-5-19(28)14-17)16-24(34)33-12-10-32(11-13-33)23-9-8-22(29-30-23)20-7-6-18(26)15-21(20)27/h3-9,14-15H,2,10-13,16H2,1H3. The van der Waals surface area contributed by atoms with Crippen molar-refractivity contribution in [1.82, 2.24) is 20.0 Å². The summed E-state index contributed by atoms with van der Waals surface area (Å²) in [5, 5.41) is 9.69. The molecule has 0 radical (unpaired) electrons. The number of likely N-dealkylation sites (N-methyl/N-ethyl adjacent to an activating group) is 1. The third-order valence-corrected chi connectivity index (χ3v) is 6.43. The molecule has 0 spiro atoms. The molecule has 35 heavy (non-hydrogen) atoms. The van der Waals surface area contributed by atoms with Crippen LogP contribution in [0, 0.1) is 5.82 Å². The van der Waals surface area contributed by atoms with Crippen LogP contribution in [-0.2, 0) is 4.79 Å². The number of hydrogen-bond acceptors (Lipinski definition) is 5. The minimum atomic E-state index is -0.484. The van der Waals surface area contributed by atoms with E-state index in [9.17, 15) is 14.0 Å². The Morgan fingerprint density at radius 1 is 1.00 bits per heavy atom. The molecule has 0 saturated carbocycles. The van der Waals surface area contributed by atoms with E-state index < -0.39 is 5.82 Å². The van der Waals surface area contributed by atoms with Crippen LogP contribution in [0.25, 0.3) is 11.3 Å². The topological polar surface area (TPSA) is 69.6 Å². The minimum absolute atomic E-state index is 0.0534. The second kappa shape index (κ2) is 11.0. The van der Waals surface area contributed by atoms with Gasteiger partial charge in [-0.1, -0.05) is 29.3 Å². The monoisotopic (exact) mass is 515 g/mol. The van der Waals surface area contributed by atoms with E-state index in [1.54, 1.807) is 36.1 Å². The quantitative estimate of drug-likeness (QED) is 0.486. The summed E-state index contributed by atoms with van der Waals surface area (Å²) >= 11 is 12.2. The van der Waals surface area contributed by atoms with Crippen LogP contribution in [0.4, 0.5) is 10.2 Å². The molecule has 0 N–H and O–H groups in total. The smallest absolute Gasteiger partial charge is 0.254 e. The van der Waals surface area contributed by atoms with Crippen molar-refractivity contribution in [2.24, 2.45) is 0 Å². The first kappa shape index (κ1) is 24.9. The summed E-state index contributed by atoms with van der Waals surface area (Å²) in [6.45, 7) is 4.26. The van der Waals surface area contributed by atoms with Gasteiger partial charge in [0, 0.05) is 48.9 Å². The molecule has 1 aliphatic rings. The van der Waals surface area contributed by atoms with Crippen LogP contribution >= 0.6 is 23.2 Å². The van der Waals surface area contributed by atoms with Crippen molar-refractivity contribution in [2.45, 2.75) is 6.92 Å². The zero-order chi connectivity index (χ0) is 24.9. The third kappa shape index (κ3) is 5.89. The van der Waals surface area contributed by atoms with Crippen LogP contribution in [0.5, 0.6) is 0 Å². The van der Waals surface area contributed by atoms with Crippen molar-refractivity contribution >= 4 is 40.8 Å². The molecule has 1 saturated heterocycles. The molecule has 0 bridgehead atoms. The van der Waals surface area contributed by atoms with Crippen molar-refractivity contribution in [1.29, 1.82) is 0 Å². The average molecular weight is 516 g/mol. The summed E-state index contributed by atoms with van der Waals surface area (Å²) in [5.74, 6) is -0.283. The van der Waals surface area contributed by atoms with E-state index in [1.165, 1.54) is 23.1 Å². The zero-order valence-electron chi connectivity index (χ0n) is 19.1. The van der Waals surface area contributed by atoms with Gasteiger partial charge in [-0.3, -0.25) is 9.59 Å². The highest BCUT2D eigenvalue weighted by atomic mass is 35.5. The highest BCUT2D eigenvalue weighted by Crippen LogP contribution is 2.29. The molecule has 0 aliphatic carbocycles. The van der Waals surface area contributed by atoms with Gasteiger partial charge in [0.1, 0.15) is 12.4 Å². The van der Waals surface area contributed by atoms with Crippen molar-refractivity contribution < 1.29 is 14.0 Å². The minimum Gasteiger partial charge on any atom is -0.352 e. The Labute approximate surface area is 213 Å². The second-order valence-corrected chi connectivity index (χ2v) is 8.94. The molecular weight excluding hydrogens is 492 g/mol. The Hall–Kier alpha value is -3.23. The summed E-state index contributed by atoms with van der Waals surface area (Å²) in [6, 6.07) is 14.4. The number of piperazine rings is 1. The highest BCUT2D eigenvalue weighted by molar-refractivity contribution is 6.36. The van der Waals surface area contributed by atoms with Gasteiger partial charge in [0.25, 0.3) is 5.91 Å². The Morgan fingerprint density at radius 3 is 2.40 bits per heavy atom. The summed E-state index contributed by atoms with van der Waals surface area (Å²) < 4.78 is 13.5. The molecule has 2 amide bonds. The molecule has 0 unspecified atom stereocenters. The van der Waals surface area contributed by atoms with Crippen molar-refractivity contribution in [3.05, 3.63) is 76.0 Å². The summed E-state index contributed by atoms with van der Waals surface area (Å²) in [5.41, 5.74) is 1.62. The summed E-state index contributed by atoms with van der Waals surface area (Å²) in [4.78, 5) is 30.8. The molecule has 4 rings (SSSR count). The molecule has 2 heterocycles. The lowest BCUT2D eigenvalue weighted by atomic mass is 10.1. The van der Waals surface area contributed by atoms with E-state index in [2.05, 4.69) is 15.1 Å². The van der Waals surface area contributed by atoms with Gasteiger partial charge in [-0.25, -0.2) is 4.39 Å². The van der Waals surface area contributed by atoms with Crippen molar-refractivity contribution in [3.63, 3.8) is 0 Å². The number of anilines is 1. The largest absolute Gasteiger partial charge is 0.352 e. The Bertz CT molecular complexity index is 1220. The van der Waals surface area contributed by atoms with E-state index in [-0.39, 0.29) is 23.9 Å². The molecule has 0 atom stereocenters. The maximum absolute atomic E-state index is 13.5. The van der Waals surface area contributed by atoms with Crippen LogP contribution in [0.15, 0.2) is 54.6 Å². The maximum atomic E-state index is 13.5. The fourth-order valence-electron chi connectivity index (χ4n) is 3.91. The molecule has 10 heteroatoms. The number of carbonyl (C=O) groups is 2. The number of aromatic nitrogens is 2. The number of nitrogens with zero attached hydrogens (tertiary/aromatic N) is 5. The van der Waals surface area contributed by atoms with Gasteiger partial charge < -0.3 is 14.7 Å². The summed E-state index contributed by atoms with van der Waals surface area (Å²) in [6.07, 6.45) is 0. The Balaban J connectivity index is 1.34. The Kier molecular flexibility index (Phi) is 7.83. The zero-order valence-corrected chi connectivity index (χ0v) is 20.6. The lowest BCUT2D eigenvalue weighted by molar-refractivity contribution is -0.132. The molecule has 7 nitrogen and oxygen atoms in total. The number of amides is 2. The van der Waals surface area contributed by atoms with Crippen molar-refractivity contribution in [2.75, 3.05) is 44.2 Å². The van der Waals surface area contributed by atoms with Gasteiger partial charge in [0.2, 0.25) is 5.91 Å².